The zero-order chi connectivity index (χ0) is 18.4. The number of fused-ring (bicyclic) bond motifs is 1. The highest BCUT2D eigenvalue weighted by atomic mass is 79.9. The van der Waals surface area contributed by atoms with E-state index in [2.05, 4.69) is 15.9 Å². The lowest BCUT2D eigenvalue weighted by molar-refractivity contribution is -0.529. The highest BCUT2D eigenvalue weighted by molar-refractivity contribution is 9.10. The summed E-state index contributed by atoms with van der Waals surface area (Å²) in [6.45, 7) is -0.260. The minimum atomic E-state index is -1.15. The molecule has 0 saturated carbocycles. The summed E-state index contributed by atoms with van der Waals surface area (Å²) in [5, 5.41) is 11.6. The zero-order valence-corrected chi connectivity index (χ0v) is 14.9. The number of carbonyl (C=O) groups excluding carboxylic acids is 2. The van der Waals surface area contributed by atoms with E-state index >= 15 is 0 Å². The smallest absolute Gasteiger partial charge is 0.257 e. The van der Waals surface area contributed by atoms with Crippen molar-refractivity contribution in [3.8, 4) is 0 Å². The number of hydrogen-bond donors (Lipinski definition) is 0. The average Bonchev–Trinajstić information content (AvgIpc) is 2.65. The molecule has 2 atom stereocenters. The highest BCUT2D eigenvalue weighted by Crippen LogP contribution is 2.42. The van der Waals surface area contributed by atoms with Crippen molar-refractivity contribution >= 4 is 27.5 Å². The van der Waals surface area contributed by atoms with Crippen LogP contribution >= 0.6 is 15.9 Å². The molecule has 130 valence electrons. The maximum atomic E-state index is 13.1. The molecule has 2 aromatic carbocycles. The van der Waals surface area contributed by atoms with Gasteiger partial charge in [0.15, 0.2) is 18.1 Å². The van der Waals surface area contributed by atoms with Crippen LogP contribution in [-0.4, -0.2) is 29.1 Å². The van der Waals surface area contributed by atoms with Crippen LogP contribution in [0.1, 0.15) is 32.2 Å². The van der Waals surface area contributed by atoms with Gasteiger partial charge in [-0.05, 0) is 17.7 Å². The first kappa shape index (κ1) is 16.7. The topological polar surface area (TPSA) is 86.5 Å². The van der Waals surface area contributed by atoms with Gasteiger partial charge in [0, 0.05) is 20.5 Å². The van der Waals surface area contributed by atoms with Crippen LogP contribution in [0.5, 0.6) is 0 Å². The molecule has 4 rings (SSSR count). The van der Waals surface area contributed by atoms with Crippen LogP contribution in [0, 0.1) is 10.1 Å². The van der Waals surface area contributed by atoms with Gasteiger partial charge in [0.2, 0.25) is 5.78 Å². The number of nitrogens with zero attached hydrogens (tertiary/aromatic N) is 1. The van der Waals surface area contributed by atoms with E-state index in [0.717, 1.165) is 4.47 Å². The molecule has 26 heavy (non-hydrogen) atoms. The molecule has 0 N–H and O–H groups in total. The van der Waals surface area contributed by atoms with Crippen LogP contribution in [0.3, 0.4) is 0 Å². The number of allylic oxidation sites excluding steroid dienone is 1. The van der Waals surface area contributed by atoms with Crippen molar-refractivity contribution in [1.82, 2.24) is 0 Å². The molecule has 2 aromatic rings. The maximum Gasteiger partial charge on any atom is 0.257 e. The number of carbonyl (C=O) groups is 2. The van der Waals surface area contributed by atoms with Crippen LogP contribution in [0.2, 0.25) is 0 Å². The van der Waals surface area contributed by atoms with Crippen molar-refractivity contribution in [2.45, 2.75) is 12.0 Å². The Labute approximate surface area is 156 Å². The van der Waals surface area contributed by atoms with Crippen molar-refractivity contribution in [2.75, 3.05) is 6.61 Å². The predicted octanol–water partition coefficient (Wildman–Crippen LogP) is 3.54. The van der Waals surface area contributed by atoms with Gasteiger partial charge in [0.25, 0.3) is 6.04 Å². The molecule has 1 aliphatic carbocycles. The fourth-order valence-electron chi connectivity index (χ4n) is 3.53. The number of benzene rings is 2. The van der Waals surface area contributed by atoms with Crippen LogP contribution in [0.15, 0.2) is 64.3 Å². The van der Waals surface area contributed by atoms with Gasteiger partial charge in [0.1, 0.15) is 0 Å². The second-order valence-corrected chi connectivity index (χ2v) is 7.06. The third-order valence-corrected chi connectivity index (χ3v) is 5.18. The summed E-state index contributed by atoms with van der Waals surface area (Å²) in [7, 11) is 0. The number of nitro groups is 1. The lowest BCUT2D eigenvalue weighted by Gasteiger charge is -2.32. The molecule has 0 saturated heterocycles. The Bertz CT molecular complexity index is 997. The highest BCUT2D eigenvalue weighted by Gasteiger charge is 2.48. The molecule has 0 amide bonds. The monoisotopic (exact) mass is 413 g/mol. The van der Waals surface area contributed by atoms with Gasteiger partial charge in [0.05, 0.1) is 11.5 Å². The number of hydrogen-bond acceptors (Lipinski definition) is 5. The van der Waals surface area contributed by atoms with Crippen molar-refractivity contribution < 1.29 is 19.2 Å². The maximum absolute atomic E-state index is 13.1. The van der Waals surface area contributed by atoms with E-state index < -0.39 is 28.4 Å². The molecule has 0 fully saturated rings. The van der Waals surface area contributed by atoms with Crippen LogP contribution in [0.25, 0.3) is 0 Å². The molecule has 0 radical (unpaired) electrons. The lowest BCUT2D eigenvalue weighted by Crippen LogP contribution is -2.42. The van der Waals surface area contributed by atoms with Gasteiger partial charge in [-0.2, -0.15) is 0 Å². The van der Waals surface area contributed by atoms with Gasteiger partial charge >= 0.3 is 0 Å². The predicted molar refractivity (Wildman–Crippen MR) is 95.7 cm³/mol. The first-order chi connectivity index (χ1) is 12.5. The number of ether oxygens (including phenoxy) is 1. The summed E-state index contributed by atoms with van der Waals surface area (Å²) < 4.78 is 6.17. The first-order valence-electron chi connectivity index (χ1n) is 7.93. The third kappa shape index (κ3) is 2.47. The Hall–Kier alpha value is -2.80. The largest absolute Gasteiger partial charge is 0.482 e. The van der Waals surface area contributed by atoms with Crippen LogP contribution in [-0.2, 0) is 4.74 Å². The van der Waals surface area contributed by atoms with E-state index in [1.165, 1.54) is 0 Å². The van der Waals surface area contributed by atoms with Gasteiger partial charge in [-0.3, -0.25) is 19.7 Å². The summed E-state index contributed by atoms with van der Waals surface area (Å²) in [6, 6.07) is 12.3. The van der Waals surface area contributed by atoms with Gasteiger partial charge in [-0.25, -0.2) is 0 Å². The van der Waals surface area contributed by atoms with Crippen LogP contribution in [0.4, 0.5) is 0 Å². The minimum absolute atomic E-state index is 0.0692. The fourth-order valence-corrected chi connectivity index (χ4v) is 3.94. The third-order valence-electron chi connectivity index (χ3n) is 4.68. The molecule has 0 spiro atoms. The molecule has 2 aliphatic rings. The molecule has 7 heteroatoms. The van der Waals surface area contributed by atoms with E-state index in [4.69, 9.17) is 4.74 Å². The number of Topliss-reactive ketones (excluding diaryl/α,β-unsaturated/α-hetero) is 2. The van der Waals surface area contributed by atoms with E-state index in [1.807, 2.05) is 0 Å². The summed E-state index contributed by atoms with van der Waals surface area (Å²) >= 11 is 3.36. The van der Waals surface area contributed by atoms with E-state index in [-0.39, 0.29) is 29.1 Å². The second-order valence-electron chi connectivity index (χ2n) is 6.14. The van der Waals surface area contributed by atoms with Crippen molar-refractivity contribution in [1.29, 1.82) is 0 Å². The Morgan fingerprint density at radius 3 is 2.38 bits per heavy atom. The van der Waals surface area contributed by atoms with Crippen molar-refractivity contribution in [2.24, 2.45) is 0 Å². The van der Waals surface area contributed by atoms with E-state index in [9.17, 15) is 19.7 Å². The summed E-state index contributed by atoms with van der Waals surface area (Å²) in [6.07, 6.45) is 0. The lowest BCUT2D eigenvalue weighted by atomic mass is 9.75. The summed E-state index contributed by atoms with van der Waals surface area (Å²) in [5.74, 6) is -1.73. The summed E-state index contributed by atoms with van der Waals surface area (Å²) in [5.41, 5.74) is 1.18. The molecule has 0 aromatic heterocycles. The van der Waals surface area contributed by atoms with Crippen molar-refractivity contribution in [3.05, 3.63) is 91.1 Å². The standard InChI is InChI=1S/C19H12BrNO5/c20-11-5-3-4-10(8-11)15-14(21(24)25)9-26-19-16(15)17(22)12-6-1-2-7-13(12)18(19)23/h1-8,14-15H,9H2/t14-,15+/m0/s1. The first-order valence-corrected chi connectivity index (χ1v) is 8.72. The molecule has 6 nitrogen and oxygen atoms in total. The minimum Gasteiger partial charge on any atom is -0.482 e. The molecule has 0 unspecified atom stereocenters. The van der Waals surface area contributed by atoms with Gasteiger partial charge in [-0.1, -0.05) is 52.3 Å². The number of rotatable bonds is 2. The molecule has 0 bridgehead atoms. The molecule has 1 heterocycles. The number of ketones is 2. The quantitative estimate of drug-likeness (QED) is 0.554. The Morgan fingerprint density at radius 1 is 1.04 bits per heavy atom. The van der Waals surface area contributed by atoms with Crippen molar-refractivity contribution in [3.63, 3.8) is 0 Å². The Balaban J connectivity index is 1.95. The SMILES string of the molecule is O=C1C2=C(C(=O)c3ccccc31)[C@H](c1cccc(Br)c1)[C@@H]([N+](=O)[O-])CO2. The normalized spacial score (nSPS) is 21.7. The summed E-state index contributed by atoms with van der Waals surface area (Å²) in [4.78, 5) is 37.1. The average molecular weight is 414 g/mol. The fraction of sp³-hybridized carbons (Fsp3) is 0.158. The molecular weight excluding hydrogens is 402 g/mol. The van der Waals surface area contributed by atoms with Crippen LogP contribution < -0.4 is 0 Å². The zero-order valence-electron chi connectivity index (χ0n) is 13.3. The second kappa shape index (κ2) is 6.17. The molecule has 1 aliphatic heterocycles. The van der Waals surface area contributed by atoms with E-state index in [1.54, 1.807) is 48.5 Å². The Kier molecular flexibility index (Phi) is 3.96. The van der Waals surface area contributed by atoms with Gasteiger partial charge in [-0.15, -0.1) is 0 Å². The Morgan fingerprint density at radius 2 is 1.73 bits per heavy atom. The molecular formula is C19H12BrNO5. The number of halogens is 1. The van der Waals surface area contributed by atoms with Gasteiger partial charge < -0.3 is 4.74 Å². The van der Waals surface area contributed by atoms with E-state index in [0.29, 0.717) is 5.56 Å².